The van der Waals surface area contributed by atoms with Crippen molar-refractivity contribution in [2.75, 3.05) is 11.9 Å². The molecule has 1 aromatic carbocycles. The van der Waals surface area contributed by atoms with Crippen LogP contribution < -0.4 is 14.8 Å². The minimum atomic E-state index is -0.564. The smallest absolute Gasteiger partial charge is 0.274 e. The van der Waals surface area contributed by atoms with Gasteiger partial charge in [-0.25, -0.2) is 14.4 Å². The van der Waals surface area contributed by atoms with E-state index in [1.54, 1.807) is 6.07 Å². The van der Waals surface area contributed by atoms with Gasteiger partial charge >= 0.3 is 0 Å². The summed E-state index contributed by atoms with van der Waals surface area (Å²) in [5.41, 5.74) is 0.379. The molecule has 0 unspecified atom stereocenters. The molecule has 0 saturated carbocycles. The molecule has 0 fully saturated rings. The van der Waals surface area contributed by atoms with Crippen LogP contribution in [0.1, 0.15) is 17.4 Å². The zero-order chi connectivity index (χ0) is 18.4. The highest BCUT2D eigenvalue weighted by molar-refractivity contribution is 6.03. The first-order valence-electron chi connectivity index (χ1n) is 7.77. The first kappa shape index (κ1) is 17.3. The number of nitrogens with one attached hydrogen (secondary N) is 1. The molecule has 0 radical (unpaired) electrons. The number of hydrogen-bond donors (Lipinski definition) is 1. The molecule has 0 aliphatic carbocycles. The van der Waals surface area contributed by atoms with Gasteiger partial charge in [-0.1, -0.05) is 0 Å². The summed E-state index contributed by atoms with van der Waals surface area (Å²) >= 11 is 0. The second-order valence-corrected chi connectivity index (χ2v) is 5.12. The molecule has 0 atom stereocenters. The van der Waals surface area contributed by atoms with Crippen molar-refractivity contribution in [3.05, 3.63) is 66.8 Å². The van der Waals surface area contributed by atoms with E-state index >= 15 is 0 Å². The Morgan fingerprint density at radius 3 is 2.69 bits per heavy atom. The van der Waals surface area contributed by atoms with Crippen molar-refractivity contribution >= 4 is 11.6 Å². The maximum absolute atomic E-state index is 13.8. The molecule has 26 heavy (non-hydrogen) atoms. The summed E-state index contributed by atoms with van der Waals surface area (Å²) < 4.78 is 24.7. The number of nitrogens with zero attached hydrogens (tertiary/aromatic N) is 3. The summed E-state index contributed by atoms with van der Waals surface area (Å²) in [7, 11) is 0. The van der Waals surface area contributed by atoms with E-state index in [-0.39, 0.29) is 17.1 Å². The molecule has 132 valence electrons. The van der Waals surface area contributed by atoms with Crippen molar-refractivity contribution in [1.29, 1.82) is 0 Å². The summed E-state index contributed by atoms with van der Waals surface area (Å²) in [5.74, 6) is 0.0180. The SMILES string of the molecule is CCOc1ccnc(C(=O)Nc2cc(F)cc(Oc3cncnc3)c2)c1. The van der Waals surface area contributed by atoms with Crippen LogP contribution in [0.2, 0.25) is 0 Å². The van der Waals surface area contributed by atoms with E-state index < -0.39 is 11.7 Å². The molecule has 1 N–H and O–H groups in total. The van der Waals surface area contributed by atoms with Gasteiger partial charge in [0.05, 0.1) is 19.0 Å². The van der Waals surface area contributed by atoms with Gasteiger partial charge in [-0.3, -0.25) is 9.78 Å². The predicted molar refractivity (Wildman–Crippen MR) is 91.9 cm³/mol. The van der Waals surface area contributed by atoms with Crippen LogP contribution in [0.25, 0.3) is 0 Å². The number of aromatic nitrogens is 3. The van der Waals surface area contributed by atoms with E-state index in [0.29, 0.717) is 18.1 Å². The molecule has 3 aromatic rings. The molecule has 0 aliphatic heterocycles. The molecule has 0 aliphatic rings. The summed E-state index contributed by atoms with van der Waals surface area (Å²) in [5, 5.41) is 2.59. The number of pyridine rings is 1. The Balaban J connectivity index is 1.77. The number of halogens is 1. The highest BCUT2D eigenvalue weighted by atomic mass is 19.1. The third kappa shape index (κ3) is 4.50. The van der Waals surface area contributed by atoms with Crippen LogP contribution in [0.15, 0.2) is 55.2 Å². The zero-order valence-corrected chi connectivity index (χ0v) is 13.8. The number of benzene rings is 1. The van der Waals surface area contributed by atoms with E-state index in [1.807, 2.05) is 6.92 Å². The first-order chi connectivity index (χ1) is 12.6. The maximum Gasteiger partial charge on any atom is 0.274 e. The largest absolute Gasteiger partial charge is 0.494 e. The van der Waals surface area contributed by atoms with Crippen molar-refractivity contribution in [2.45, 2.75) is 6.92 Å². The highest BCUT2D eigenvalue weighted by Gasteiger charge is 2.11. The Hall–Kier alpha value is -3.55. The van der Waals surface area contributed by atoms with Gasteiger partial charge in [0.15, 0.2) is 5.75 Å². The molecule has 2 heterocycles. The molecule has 3 rings (SSSR count). The molecular formula is C18H15FN4O3. The Morgan fingerprint density at radius 1 is 1.12 bits per heavy atom. The minimum absolute atomic E-state index is 0.152. The van der Waals surface area contributed by atoms with Crippen LogP contribution in [0.5, 0.6) is 17.2 Å². The third-order valence-electron chi connectivity index (χ3n) is 3.18. The Kier molecular flexibility index (Phi) is 5.33. The van der Waals surface area contributed by atoms with Crippen molar-refractivity contribution in [3.63, 3.8) is 0 Å². The monoisotopic (exact) mass is 354 g/mol. The number of amides is 1. The van der Waals surface area contributed by atoms with Gasteiger partial charge in [-0.15, -0.1) is 0 Å². The van der Waals surface area contributed by atoms with Crippen molar-refractivity contribution in [3.8, 4) is 17.2 Å². The second-order valence-electron chi connectivity index (χ2n) is 5.12. The van der Waals surface area contributed by atoms with Gasteiger partial charge in [0.2, 0.25) is 0 Å². The molecule has 0 bridgehead atoms. The minimum Gasteiger partial charge on any atom is -0.494 e. The van der Waals surface area contributed by atoms with Crippen LogP contribution in [-0.2, 0) is 0 Å². The van der Waals surface area contributed by atoms with Crippen molar-refractivity contribution in [1.82, 2.24) is 15.0 Å². The maximum atomic E-state index is 13.8. The standard InChI is InChI=1S/C18H15FN4O3/c1-2-25-14-3-4-22-17(8-14)18(24)23-13-5-12(19)6-15(7-13)26-16-9-20-11-21-10-16/h3-11H,2H2,1H3,(H,23,24). The van der Waals surface area contributed by atoms with Crippen LogP contribution in [-0.4, -0.2) is 27.5 Å². The lowest BCUT2D eigenvalue weighted by Crippen LogP contribution is -2.14. The van der Waals surface area contributed by atoms with Gasteiger partial charge < -0.3 is 14.8 Å². The molecule has 8 heteroatoms. The molecule has 0 saturated heterocycles. The summed E-state index contributed by atoms with van der Waals surface area (Å²) in [6.45, 7) is 2.31. The first-order valence-corrected chi connectivity index (χ1v) is 7.77. The number of carbonyl (C=O) groups excluding carboxylic acids is 1. The lowest BCUT2D eigenvalue weighted by molar-refractivity contribution is 0.102. The normalized spacial score (nSPS) is 10.2. The van der Waals surface area contributed by atoms with Crippen LogP contribution in [0.3, 0.4) is 0 Å². The summed E-state index contributed by atoms with van der Waals surface area (Å²) in [4.78, 5) is 24.0. The number of carbonyl (C=O) groups is 1. The van der Waals surface area contributed by atoms with Crippen molar-refractivity contribution < 1.29 is 18.7 Å². The fraction of sp³-hybridized carbons (Fsp3) is 0.111. The molecule has 1 amide bonds. The van der Waals surface area contributed by atoms with Gasteiger partial charge in [0, 0.05) is 30.1 Å². The highest BCUT2D eigenvalue weighted by Crippen LogP contribution is 2.25. The fourth-order valence-corrected chi connectivity index (χ4v) is 2.15. The average molecular weight is 354 g/mol. The molecule has 2 aromatic heterocycles. The number of rotatable bonds is 6. The second kappa shape index (κ2) is 8.02. The number of hydrogen-bond acceptors (Lipinski definition) is 6. The Bertz CT molecular complexity index is 906. The van der Waals surface area contributed by atoms with Gasteiger partial charge in [-0.2, -0.15) is 0 Å². The lowest BCUT2D eigenvalue weighted by Gasteiger charge is -2.09. The van der Waals surface area contributed by atoms with Crippen LogP contribution in [0, 0.1) is 5.82 Å². The number of ether oxygens (including phenoxy) is 2. The average Bonchev–Trinajstić information content (AvgIpc) is 2.62. The van der Waals surface area contributed by atoms with Gasteiger partial charge in [0.25, 0.3) is 5.91 Å². The number of anilines is 1. The Labute approximate surface area is 148 Å². The van der Waals surface area contributed by atoms with Crippen LogP contribution in [0.4, 0.5) is 10.1 Å². The molecular weight excluding hydrogens is 339 g/mol. The van der Waals surface area contributed by atoms with E-state index in [9.17, 15) is 9.18 Å². The van der Waals surface area contributed by atoms with E-state index in [4.69, 9.17) is 9.47 Å². The zero-order valence-electron chi connectivity index (χ0n) is 13.8. The fourth-order valence-electron chi connectivity index (χ4n) is 2.15. The van der Waals surface area contributed by atoms with E-state index in [1.165, 1.54) is 49.2 Å². The lowest BCUT2D eigenvalue weighted by atomic mass is 10.2. The molecule has 0 spiro atoms. The van der Waals surface area contributed by atoms with Crippen LogP contribution >= 0.6 is 0 Å². The Morgan fingerprint density at radius 2 is 1.92 bits per heavy atom. The quantitative estimate of drug-likeness (QED) is 0.730. The topological polar surface area (TPSA) is 86.2 Å². The van der Waals surface area contributed by atoms with E-state index in [2.05, 4.69) is 20.3 Å². The van der Waals surface area contributed by atoms with Gasteiger partial charge in [0.1, 0.15) is 29.3 Å². The summed E-state index contributed by atoms with van der Waals surface area (Å²) in [6, 6.07) is 7.02. The van der Waals surface area contributed by atoms with E-state index in [0.717, 1.165) is 0 Å². The molecule has 7 nitrogen and oxygen atoms in total. The third-order valence-corrected chi connectivity index (χ3v) is 3.18. The van der Waals surface area contributed by atoms with Crippen molar-refractivity contribution in [2.24, 2.45) is 0 Å². The van der Waals surface area contributed by atoms with Gasteiger partial charge in [-0.05, 0) is 19.1 Å². The summed E-state index contributed by atoms with van der Waals surface area (Å²) in [6.07, 6.45) is 5.71. The predicted octanol–water partition coefficient (Wildman–Crippen LogP) is 3.45.